The molecule has 0 rings (SSSR count). The molecule has 6 heteroatoms. The van der Waals surface area contributed by atoms with Gasteiger partial charge in [-0.1, -0.05) is 216 Å². The minimum Gasteiger partial charge on any atom is -0.462 e. The molecule has 6 nitrogen and oxygen atoms in total. The molecule has 1 unspecified atom stereocenters. The highest BCUT2D eigenvalue weighted by Crippen LogP contribution is 2.15. The molecule has 66 heavy (non-hydrogen) atoms. The van der Waals surface area contributed by atoms with Gasteiger partial charge in [-0.2, -0.15) is 0 Å². The van der Waals surface area contributed by atoms with Crippen molar-refractivity contribution in [2.75, 3.05) is 13.2 Å². The summed E-state index contributed by atoms with van der Waals surface area (Å²) in [5, 5.41) is 0. The van der Waals surface area contributed by atoms with E-state index in [4.69, 9.17) is 14.2 Å². The van der Waals surface area contributed by atoms with Crippen LogP contribution >= 0.6 is 0 Å². The fourth-order valence-corrected chi connectivity index (χ4v) is 7.72. The second-order valence-electron chi connectivity index (χ2n) is 18.5. The number of ether oxygens (including phenoxy) is 3. The number of carbonyl (C=O) groups is 3. The molecule has 0 saturated carbocycles. The van der Waals surface area contributed by atoms with Gasteiger partial charge in [0.15, 0.2) is 6.10 Å². The van der Waals surface area contributed by atoms with E-state index in [0.29, 0.717) is 19.3 Å². The van der Waals surface area contributed by atoms with E-state index in [1.165, 1.54) is 122 Å². The maximum absolute atomic E-state index is 12.8. The van der Waals surface area contributed by atoms with Crippen LogP contribution in [0.15, 0.2) is 72.9 Å². The molecule has 0 radical (unpaired) electrons. The lowest BCUT2D eigenvalue weighted by Crippen LogP contribution is -2.30. The summed E-state index contributed by atoms with van der Waals surface area (Å²) < 4.78 is 16.8. The quantitative estimate of drug-likeness (QED) is 0.0262. The van der Waals surface area contributed by atoms with Gasteiger partial charge in [-0.25, -0.2) is 0 Å². The van der Waals surface area contributed by atoms with Crippen LogP contribution in [-0.4, -0.2) is 37.2 Å². The normalized spacial score (nSPS) is 12.6. The number of carbonyl (C=O) groups excluding carboxylic acids is 3. The number of esters is 3. The molecule has 0 heterocycles. The molecular formula is C60H104O6. The van der Waals surface area contributed by atoms with Gasteiger partial charge in [0.05, 0.1) is 0 Å². The molecule has 0 aliphatic rings. The summed E-state index contributed by atoms with van der Waals surface area (Å²) in [7, 11) is 0. The van der Waals surface area contributed by atoms with Crippen LogP contribution in [0.3, 0.4) is 0 Å². The van der Waals surface area contributed by atoms with Crippen LogP contribution in [-0.2, 0) is 28.6 Å². The largest absolute Gasteiger partial charge is 0.462 e. The zero-order valence-electron chi connectivity index (χ0n) is 43.4. The molecule has 0 fully saturated rings. The van der Waals surface area contributed by atoms with E-state index < -0.39 is 6.10 Å². The van der Waals surface area contributed by atoms with Gasteiger partial charge in [0.2, 0.25) is 0 Å². The summed E-state index contributed by atoms with van der Waals surface area (Å²) in [4.78, 5) is 38.1. The van der Waals surface area contributed by atoms with E-state index in [1.807, 2.05) is 0 Å². The summed E-state index contributed by atoms with van der Waals surface area (Å²) in [5.74, 6) is -0.911. The molecule has 0 aliphatic heterocycles. The van der Waals surface area contributed by atoms with E-state index in [1.54, 1.807) is 0 Å². The summed E-state index contributed by atoms with van der Waals surface area (Å²) in [6, 6.07) is 0. The van der Waals surface area contributed by atoms with Gasteiger partial charge in [0.1, 0.15) is 13.2 Å². The SMILES string of the molecule is CC/C=C\C/C=C\C/C=C\CCCCCCCC(=O)OC(COC(=O)CCCCCCC/C=C\CCCCCCC)COC(=O)CCCCCCCCCCC/C=C\C/C=C\CCCCC. The molecule has 0 spiro atoms. The Kier molecular flexibility index (Phi) is 51.9. The van der Waals surface area contributed by atoms with Gasteiger partial charge >= 0.3 is 17.9 Å². The Morgan fingerprint density at radius 3 is 0.970 bits per heavy atom. The Hall–Kier alpha value is -3.15. The topological polar surface area (TPSA) is 78.9 Å². The molecule has 1 atom stereocenters. The molecule has 0 aromatic rings. The summed E-state index contributed by atoms with van der Waals surface area (Å²) in [6.07, 6.45) is 68.8. The molecular weight excluding hydrogens is 817 g/mol. The Morgan fingerprint density at radius 2 is 0.591 bits per heavy atom. The van der Waals surface area contributed by atoms with Crippen molar-refractivity contribution in [3.05, 3.63) is 72.9 Å². The average molecular weight is 921 g/mol. The lowest BCUT2D eigenvalue weighted by atomic mass is 10.1. The number of hydrogen-bond donors (Lipinski definition) is 0. The van der Waals surface area contributed by atoms with Gasteiger partial charge < -0.3 is 14.2 Å². The van der Waals surface area contributed by atoms with Crippen molar-refractivity contribution in [1.29, 1.82) is 0 Å². The lowest BCUT2D eigenvalue weighted by molar-refractivity contribution is -0.167. The van der Waals surface area contributed by atoms with Crippen LogP contribution in [0.1, 0.15) is 271 Å². The van der Waals surface area contributed by atoms with Gasteiger partial charge in [-0.15, -0.1) is 0 Å². The van der Waals surface area contributed by atoms with Crippen LogP contribution < -0.4 is 0 Å². The Balaban J connectivity index is 4.40. The highest BCUT2D eigenvalue weighted by molar-refractivity contribution is 5.71. The predicted octanol–water partition coefficient (Wildman–Crippen LogP) is 18.6. The second-order valence-corrected chi connectivity index (χ2v) is 18.5. The Bertz CT molecular complexity index is 1240. The number of allylic oxidation sites excluding steroid dienone is 12. The van der Waals surface area contributed by atoms with Gasteiger partial charge in [0.25, 0.3) is 0 Å². The third-order valence-electron chi connectivity index (χ3n) is 11.9. The highest BCUT2D eigenvalue weighted by atomic mass is 16.6. The molecule has 0 N–H and O–H groups in total. The van der Waals surface area contributed by atoms with Gasteiger partial charge in [0, 0.05) is 19.3 Å². The summed E-state index contributed by atoms with van der Waals surface area (Å²) in [5.41, 5.74) is 0. The molecule has 0 aliphatic carbocycles. The number of hydrogen-bond acceptors (Lipinski definition) is 6. The molecule has 0 bridgehead atoms. The monoisotopic (exact) mass is 921 g/mol. The van der Waals surface area contributed by atoms with E-state index >= 15 is 0 Å². The second kappa shape index (κ2) is 54.5. The zero-order chi connectivity index (χ0) is 47.9. The third-order valence-corrected chi connectivity index (χ3v) is 11.9. The van der Waals surface area contributed by atoms with Crippen molar-refractivity contribution < 1.29 is 28.6 Å². The van der Waals surface area contributed by atoms with E-state index in [9.17, 15) is 14.4 Å². The van der Waals surface area contributed by atoms with Crippen LogP contribution in [0.5, 0.6) is 0 Å². The van der Waals surface area contributed by atoms with Gasteiger partial charge in [-0.3, -0.25) is 14.4 Å². The van der Waals surface area contributed by atoms with Crippen molar-refractivity contribution in [1.82, 2.24) is 0 Å². The van der Waals surface area contributed by atoms with E-state index in [-0.39, 0.29) is 31.1 Å². The first-order valence-electron chi connectivity index (χ1n) is 27.9. The molecule has 0 aromatic heterocycles. The molecule has 380 valence electrons. The maximum Gasteiger partial charge on any atom is 0.306 e. The maximum atomic E-state index is 12.8. The average Bonchev–Trinajstić information content (AvgIpc) is 3.31. The van der Waals surface area contributed by atoms with Crippen LogP contribution in [0.2, 0.25) is 0 Å². The molecule has 0 amide bonds. The van der Waals surface area contributed by atoms with E-state index in [0.717, 1.165) is 109 Å². The minimum absolute atomic E-state index is 0.0870. The van der Waals surface area contributed by atoms with Gasteiger partial charge in [-0.05, 0) is 109 Å². The lowest BCUT2D eigenvalue weighted by Gasteiger charge is -2.18. The standard InChI is InChI=1S/C60H104O6/c1-4-7-10-13-16-19-22-25-28-29-30-31-33-35-38-41-44-47-50-53-59(62)65-56-57(55-64-58(61)52-49-46-43-40-37-34-27-24-21-18-15-12-9-6-3)66-60(63)54-51-48-45-42-39-36-32-26-23-20-17-14-11-8-5-2/h8,11,16-17,19-20,24-28,32,57H,4-7,9-10,12-15,18,21-23,29-31,33-56H2,1-3H3/b11-8-,19-16-,20-17-,27-24-,28-25-,32-26-. The van der Waals surface area contributed by atoms with Crippen molar-refractivity contribution in [3.8, 4) is 0 Å². The first-order chi connectivity index (χ1) is 32.5. The molecule has 0 aromatic carbocycles. The summed E-state index contributed by atoms with van der Waals surface area (Å²) >= 11 is 0. The predicted molar refractivity (Wildman–Crippen MR) is 284 cm³/mol. The van der Waals surface area contributed by atoms with Crippen molar-refractivity contribution in [2.45, 2.75) is 277 Å². The smallest absolute Gasteiger partial charge is 0.306 e. The van der Waals surface area contributed by atoms with Crippen LogP contribution in [0.4, 0.5) is 0 Å². The Morgan fingerprint density at radius 1 is 0.318 bits per heavy atom. The highest BCUT2D eigenvalue weighted by Gasteiger charge is 2.19. The van der Waals surface area contributed by atoms with Crippen molar-refractivity contribution in [3.63, 3.8) is 0 Å². The fraction of sp³-hybridized carbons (Fsp3) is 0.750. The first-order valence-corrected chi connectivity index (χ1v) is 27.9. The summed E-state index contributed by atoms with van der Waals surface area (Å²) in [6.45, 7) is 6.48. The fourth-order valence-electron chi connectivity index (χ4n) is 7.72. The Labute approximate surface area is 408 Å². The zero-order valence-corrected chi connectivity index (χ0v) is 43.4. The van der Waals surface area contributed by atoms with Crippen LogP contribution in [0.25, 0.3) is 0 Å². The number of rotatable bonds is 50. The van der Waals surface area contributed by atoms with Crippen molar-refractivity contribution in [2.24, 2.45) is 0 Å². The number of unbranched alkanes of at least 4 members (excludes halogenated alkanes) is 27. The minimum atomic E-state index is -0.789. The third kappa shape index (κ3) is 51.8. The van der Waals surface area contributed by atoms with Crippen LogP contribution in [0, 0.1) is 0 Å². The first kappa shape index (κ1) is 62.8. The molecule has 0 saturated heterocycles. The van der Waals surface area contributed by atoms with Crippen molar-refractivity contribution >= 4 is 17.9 Å². The van der Waals surface area contributed by atoms with E-state index in [2.05, 4.69) is 93.7 Å².